The number of hydrogen-bond donors (Lipinski definition) is 2. The predicted molar refractivity (Wildman–Crippen MR) is 64.5 cm³/mol. The quantitative estimate of drug-likeness (QED) is 0.589. The van der Waals surface area contributed by atoms with Gasteiger partial charge in [-0.2, -0.15) is 11.8 Å². The van der Waals surface area contributed by atoms with E-state index in [4.69, 9.17) is 4.74 Å². The summed E-state index contributed by atoms with van der Waals surface area (Å²) >= 11 is 1.99. The van der Waals surface area contributed by atoms with Crippen LogP contribution in [0.15, 0.2) is 0 Å². The van der Waals surface area contributed by atoms with Crippen molar-refractivity contribution in [3.63, 3.8) is 0 Å². The second kappa shape index (κ2) is 8.35. The summed E-state index contributed by atoms with van der Waals surface area (Å²) in [5, 5.41) is 12.9. The van der Waals surface area contributed by atoms with E-state index < -0.39 is 0 Å². The third kappa shape index (κ3) is 6.37. The molecule has 1 aliphatic rings. The van der Waals surface area contributed by atoms with Crippen LogP contribution in [0.3, 0.4) is 0 Å². The number of nitrogens with one attached hydrogen (secondary N) is 1. The molecule has 15 heavy (non-hydrogen) atoms. The van der Waals surface area contributed by atoms with E-state index in [1.54, 1.807) is 7.11 Å². The van der Waals surface area contributed by atoms with Crippen LogP contribution in [0.2, 0.25) is 0 Å². The maximum absolute atomic E-state index is 9.75. The Labute approximate surface area is 96.4 Å². The van der Waals surface area contributed by atoms with Crippen LogP contribution in [0.5, 0.6) is 0 Å². The Morgan fingerprint density at radius 1 is 1.47 bits per heavy atom. The first-order chi connectivity index (χ1) is 7.33. The van der Waals surface area contributed by atoms with E-state index >= 15 is 0 Å². The lowest BCUT2D eigenvalue weighted by molar-refractivity contribution is 0.113. The summed E-state index contributed by atoms with van der Waals surface area (Å²) in [6.45, 7) is 5.18. The molecule has 0 aromatic carbocycles. The zero-order valence-corrected chi connectivity index (χ0v) is 10.3. The molecule has 5 heteroatoms. The Morgan fingerprint density at radius 2 is 2.20 bits per heavy atom. The van der Waals surface area contributed by atoms with Crippen molar-refractivity contribution in [1.82, 2.24) is 10.2 Å². The number of nitrogens with zero attached hydrogens (tertiary/aromatic N) is 1. The Balaban J connectivity index is 1.98. The van der Waals surface area contributed by atoms with E-state index in [-0.39, 0.29) is 6.10 Å². The van der Waals surface area contributed by atoms with Crippen LogP contribution in [0.25, 0.3) is 0 Å². The van der Waals surface area contributed by atoms with Crippen molar-refractivity contribution >= 4 is 11.8 Å². The first-order valence-corrected chi connectivity index (χ1v) is 6.66. The van der Waals surface area contributed by atoms with E-state index in [2.05, 4.69) is 10.2 Å². The number of thioether (sulfide) groups is 1. The monoisotopic (exact) mass is 234 g/mol. The van der Waals surface area contributed by atoms with Gasteiger partial charge >= 0.3 is 0 Å². The summed E-state index contributed by atoms with van der Waals surface area (Å²) in [4.78, 5) is 2.33. The molecular formula is C10H22N2O2S. The summed E-state index contributed by atoms with van der Waals surface area (Å²) in [7, 11) is 1.68. The van der Waals surface area contributed by atoms with Crippen molar-refractivity contribution in [2.75, 3.05) is 57.9 Å². The smallest absolute Gasteiger partial charge is 0.0791 e. The highest BCUT2D eigenvalue weighted by atomic mass is 32.2. The topological polar surface area (TPSA) is 44.7 Å². The van der Waals surface area contributed by atoms with Crippen LogP contribution < -0.4 is 5.32 Å². The van der Waals surface area contributed by atoms with Gasteiger partial charge in [-0.05, 0) is 0 Å². The third-order valence-electron chi connectivity index (χ3n) is 2.44. The van der Waals surface area contributed by atoms with Gasteiger partial charge in [0.2, 0.25) is 0 Å². The van der Waals surface area contributed by atoms with Crippen LogP contribution in [-0.2, 0) is 4.74 Å². The lowest BCUT2D eigenvalue weighted by Gasteiger charge is -2.28. The van der Waals surface area contributed by atoms with E-state index in [0.717, 1.165) is 26.2 Å². The fraction of sp³-hybridized carbons (Fsp3) is 1.00. The van der Waals surface area contributed by atoms with Crippen LogP contribution in [0, 0.1) is 0 Å². The number of β-amino-alcohol motifs (C(OH)–C–C–N with tert-alkyl or cyclic N) is 1. The van der Waals surface area contributed by atoms with Gasteiger partial charge in [-0.15, -0.1) is 0 Å². The summed E-state index contributed by atoms with van der Waals surface area (Å²) < 4.78 is 4.92. The molecule has 1 saturated heterocycles. The molecule has 1 rings (SSSR count). The normalized spacial score (nSPS) is 20.4. The highest BCUT2D eigenvalue weighted by Gasteiger charge is 2.14. The van der Waals surface area contributed by atoms with Crippen LogP contribution in [-0.4, -0.2) is 74.1 Å². The molecule has 0 radical (unpaired) electrons. The van der Waals surface area contributed by atoms with Crippen molar-refractivity contribution in [3.8, 4) is 0 Å². The van der Waals surface area contributed by atoms with Gasteiger partial charge in [0, 0.05) is 51.3 Å². The molecule has 1 heterocycles. The number of aliphatic hydroxyl groups is 1. The van der Waals surface area contributed by atoms with Gasteiger partial charge in [0.1, 0.15) is 0 Å². The van der Waals surface area contributed by atoms with Crippen molar-refractivity contribution in [2.24, 2.45) is 0 Å². The molecule has 2 N–H and O–H groups in total. The van der Waals surface area contributed by atoms with Gasteiger partial charge in [-0.25, -0.2) is 0 Å². The minimum absolute atomic E-state index is 0.259. The molecule has 1 fully saturated rings. The molecule has 4 nitrogen and oxygen atoms in total. The Hall–Kier alpha value is 0.190. The number of aliphatic hydroxyl groups excluding tert-OH is 1. The average molecular weight is 234 g/mol. The summed E-state index contributed by atoms with van der Waals surface area (Å²) in [5.74, 6) is 2.40. The second-order valence-corrected chi connectivity index (χ2v) is 4.99. The Bertz CT molecular complexity index is 154. The fourth-order valence-electron chi connectivity index (χ4n) is 1.59. The zero-order chi connectivity index (χ0) is 10.9. The highest BCUT2D eigenvalue weighted by Crippen LogP contribution is 2.08. The molecule has 90 valence electrons. The summed E-state index contributed by atoms with van der Waals surface area (Å²) in [6, 6.07) is 0. The molecule has 0 aliphatic carbocycles. The van der Waals surface area contributed by atoms with Gasteiger partial charge in [-0.3, -0.25) is 4.90 Å². The third-order valence-corrected chi connectivity index (χ3v) is 3.38. The van der Waals surface area contributed by atoms with E-state index in [1.807, 2.05) is 11.8 Å². The molecule has 1 unspecified atom stereocenters. The first kappa shape index (κ1) is 13.3. The highest BCUT2D eigenvalue weighted by molar-refractivity contribution is 7.99. The SMILES string of the molecule is COCCNCC(O)CN1CCSCC1. The van der Waals surface area contributed by atoms with Crippen LogP contribution >= 0.6 is 11.8 Å². The van der Waals surface area contributed by atoms with E-state index in [1.165, 1.54) is 11.5 Å². The van der Waals surface area contributed by atoms with Gasteiger partial charge in [0.05, 0.1) is 12.7 Å². The number of rotatable bonds is 7. The van der Waals surface area contributed by atoms with Crippen molar-refractivity contribution < 1.29 is 9.84 Å². The Kier molecular flexibility index (Phi) is 7.38. The standard InChI is InChI=1S/C10H22N2O2S/c1-14-5-2-11-8-10(13)9-12-3-6-15-7-4-12/h10-11,13H,2-9H2,1H3. The van der Waals surface area contributed by atoms with Crippen molar-refractivity contribution in [2.45, 2.75) is 6.10 Å². The lowest BCUT2D eigenvalue weighted by atomic mass is 10.3. The van der Waals surface area contributed by atoms with Gasteiger partial charge in [-0.1, -0.05) is 0 Å². The zero-order valence-electron chi connectivity index (χ0n) is 9.45. The molecule has 1 aliphatic heterocycles. The molecule has 0 amide bonds. The number of ether oxygens (including phenoxy) is 1. The first-order valence-electron chi connectivity index (χ1n) is 5.50. The molecule has 0 bridgehead atoms. The molecular weight excluding hydrogens is 212 g/mol. The van der Waals surface area contributed by atoms with E-state index in [9.17, 15) is 5.11 Å². The van der Waals surface area contributed by atoms with Crippen LogP contribution in [0.1, 0.15) is 0 Å². The summed E-state index contributed by atoms with van der Waals surface area (Å²) in [5.41, 5.74) is 0. The maximum atomic E-state index is 9.75. The average Bonchev–Trinajstić information content (AvgIpc) is 2.26. The number of methoxy groups -OCH3 is 1. The lowest BCUT2D eigenvalue weighted by Crippen LogP contribution is -2.42. The van der Waals surface area contributed by atoms with Crippen LogP contribution in [0.4, 0.5) is 0 Å². The largest absolute Gasteiger partial charge is 0.390 e. The molecule has 0 saturated carbocycles. The van der Waals surface area contributed by atoms with Gasteiger partial charge < -0.3 is 15.2 Å². The number of hydrogen-bond acceptors (Lipinski definition) is 5. The molecule has 0 aromatic rings. The Morgan fingerprint density at radius 3 is 2.87 bits per heavy atom. The minimum atomic E-state index is -0.259. The predicted octanol–water partition coefficient (Wildman–Crippen LogP) is -0.368. The van der Waals surface area contributed by atoms with Gasteiger partial charge in [0.25, 0.3) is 0 Å². The van der Waals surface area contributed by atoms with E-state index in [0.29, 0.717) is 13.2 Å². The van der Waals surface area contributed by atoms with Crippen molar-refractivity contribution in [1.29, 1.82) is 0 Å². The second-order valence-electron chi connectivity index (χ2n) is 3.76. The van der Waals surface area contributed by atoms with Crippen molar-refractivity contribution in [3.05, 3.63) is 0 Å². The molecule has 0 aromatic heterocycles. The minimum Gasteiger partial charge on any atom is -0.390 e. The maximum Gasteiger partial charge on any atom is 0.0791 e. The molecule has 1 atom stereocenters. The fourth-order valence-corrected chi connectivity index (χ4v) is 2.57. The summed E-state index contributed by atoms with van der Waals surface area (Å²) in [6.07, 6.45) is -0.259. The molecule has 0 spiro atoms. The van der Waals surface area contributed by atoms with Gasteiger partial charge in [0.15, 0.2) is 0 Å².